The fourth-order valence-corrected chi connectivity index (χ4v) is 6.26. The molecule has 0 bridgehead atoms. The Morgan fingerprint density at radius 1 is 0.917 bits per heavy atom. The van der Waals surface area contributed by atoms with Crippen LogP contribution in [0.2, 0.25) is 0 Å². The predicted octanol–water partition coefficient (Wildman–Crippen LogP) is 2.82. The van der Waals surface area contributed by atoms with Gasteiger partial charge in [0.1, 0.15) is 5.69 Å². The van der Waals surface area contributed by atoms with E-state index in [4.69, 9.17) is 4.74 Å². The number of sulfone groups is 1. The summed E-state index contributed by atoms with van der Waals surface area (Å²) in [5.74, 6) is -0.953. The third kappa shape index (κ3) is 4.17. The summed E-state index contributed by atoms with van der Waals surface area (Å²) < 4.78 is 31.8. The van der Waals surface area contributed by atoms with Gasteiger partial charge in [0.15, 0.2) is 14.6 Å². The highest BCUT2D eigenvalue weighted by atomic mass is 32.2. The highest BCUT2D eigenvalue weighted by Gasteiger charge is 2.52. The van der Waals surface area contributed by atoms with Gasteiger partial charge in [-0.3, -0.25) is 15.0 Å². The minimum absolute atomic E-state index is 0.0243. The van der Waals surface area contributed by atoms with Gasteiger partial charge in [-0.05, 0) is 60.4 Å². The van der Waals surface area contributed by atoms with Crippen molar-refractivity contribution in [3.63, 3.8) is 0 Å². The van der Waals surface area contributed by atoms with Crippen molar-refractivity contribution in [3.8, 4) is 28.1 Å². The second-order valence-electron chi connectivity index (χ2n) is 8.41. The van der Waals surface area contributed by atoms with Gasteiger partial charge in [-0.1, -0.05) is 29.5 Å². The van der Waals surface area contributed by atoms with E-state index in [1.54, 1.807) is 35.4 Å². The van der Waals surface area contributed by atoms with E-state index in [1.807, 2.05) is 36.4 Å². The maximum atomic E-state index is 13.4. The van der Waals surface area contributed by atoms with Gasteiger partial charge in [-0.25, -0.2) is 18.6 Å². The summed E-state index contributed by atoms with van der Waals surface area (Å²) in [7, 11) is -4.10. The number of hydrogen-bond acceptors (Lipinski definition) is 8. The number of aromatic nitrogens is 4. The van der Waals surface area contributed by atoms with Crippen LogP contribution in [0.15, 0.2) is 84.1 Å². The van der Waals surface area contributed by atoms with Crippen LogP contribution in [0.25, 0.3) is 28.1 Å². The van der Waals surface area contributed by atoms with Gasteiger partial charge in [0.05, 0.1) is 16.8 Å². The Bertz CT molecular complexity index is 1460. The predicted molar refractivity (Wildman–Crippen MR) is 130 cm³/mol. The molecule has 4 aromatic rings. The monoisotopic (exact) mass is 505 g/mol. The van der Waals surface area contributed by atoms with E-state index < -0.39 is 20.5 Å². The van der Waals surface area contributed by atoms with Crippen LogP contribution in [0.1, 0.15) is 12.8 Å². The van der Waals surface area contributed by atoms with Gasteiger partial charge in [0.2, 0.25) is 0 Å². The molecule has 11 heteroatoms. The van der Waals surface area contributed by atoms with E-state index in [2.05, 4.69) is 15.3 Å². The molecule has 1 aliphatic rings. The lowest BCUT2D eigenvalue weighted by Gasteiger charge is -2.34. The Morgan fingerprint density at radius 3 is 2.17 bits per heavy atom. The Morgan fingerprint density at radius 2 is 1.53 bits per heavy atom. The summed E-state index contributed by atoms with van der Waals surface area (Å²) in [6.45, 7) is 0.214. The molecule has 1 aliphatic heterocycles. The number of nitrogens with one attached hydrogen (secondary N) is 1. The zero-order valence-corrected chi connectivity index (χ0v) is 19.9. The number of nitrogens with zero attached hydrogens (tertiary/aromatic N) is 4. The number of ether oxygens (including phenoxy) is 1. The molecule has 184 valence electrons. The van der Waals surface area contributed by atoms with Crippen LogP contribution < -0.4 is 5.48 Å². The van der Waals surface area contributed by atoms with Crippen molar-refractivity contribution in [2.45, 2.75) is 22.5 Å². The van der Waals surface area contributed by atoms with Crippen molar-refractivity contribution >= 4 is 15.7 Å². The molecule has 2 aromatic heterocycles. The molecule has 2 aromatic carbocycles. The average Bonchev–Trinajstić information content (AvgIpc) is 3.44. The normalized spacial score (nSPS) is 15.4. The van der Waals surface area contributed by atoms with Crippen LogP contribution in [0, 0.1) is 0 Å². The van der Waals surface area contributed by atoms with E-state index in [0.717, 1.165) is 16.7 Å². The quantitative estimate of drug-likeness (QED) is 0.302. The number of carbonyl (C=O) groups is 1. The molecule has 0 radical (unpaired) electrons. The minimum Gasteiger partial charge on any atom is -0.381 e. The van der Waals surface area contributed by atoms with Crippen molar-refractivity contribution in [2.75, 3.05) is 13.2 Å². The van der Waals surface area contributed by atoms with Gasteiger partial charge >= 0.3 is 0 Å². The standard InChI is InChI=1S/C25H23N5O5S/c31-24(28-32)25(11-15-35-16-12-25)36(33,34)22-7-5-21(6-8-22)30-17-23(27-29-30)20-3-1-18(2-4-20)19-9-13-26-14-10-19/h1-10,13-14,17,32H,11-12,15-16H2,(H,28,31). The number of carbonyl (C=O) groups excluding carboxylic acids is 1. The van der Waals surface area contributed by atoms with Crippen molar-refractivity contribution < 1.29 is 23.2 Å². The molecule has 1 amide bonds. The maximum absolute atomic E-state index is 13.4. The van der Waals surface area contributed by atoms with E-state index in [1.165, 1.54) is 17.6 Å². The number of rotatable bonds is 6. The topological polar surface area (TPSA) is 136 Å². The fraction of sp³-hybridized carbons (Fsp3) is 0.200. The van der Waals surface area contributed by atoms with Crippen LogP contribution in [-0.2, 0) is 19.4 Å². The number of hydrogen-bond donors (Lipinski definition) is 2. The number of benzene rings is 2. The third-order valence-corrected chi connectivity index (χ3v) is 8.94. The molecule has 1 saturated heterocycles. The highest BCUT2D eigenvalue weighted by molar-refractivity contribution is 7.93. The largest absolute Gasteiger partial charge is 0.381 e. The van der Waals surface area contributed by atoms with Crippen LogP contribution in [0.4, 0.5) is 0 Å². The number of pyridine rings is 1. The summed E-state index contributed by atoms with van der Waals surface area (Å²) >= 11 is 0. The third-order valence-electron chi connectivity index (χ3n) is 6.43. The lowest BCUT2D eigenvalue weighted by atomic mass is 9.98. The van der Waals surface area contributed by atoms with Crippen molar-refractivity contribution in [1.29, 1.82) is 0 Å². The molecule has 1 fully saturated rings. The van der Waals surface area contributed by atoms with E-state index in [9.17, 15) is 18.4 Å². The van der Waals surface area contributed by atoms with Gasteiger partial charge in [0, 0.05) is 31.2 Å². The fourth-order valence-electron chi connectivity index (χ4n) is 4.32. The molecule has 0 unspecified atom stereocenters. The molecule has 0 saturated carbocycles. The summed E-state index contributed by atoms with van der Waals surface area (Å²) in [4.78, 5) is 16.4. The molecule has 36 heavy (non-hydrogen) atoms. The van der Waals surface area contributed by atoms with Crippen molar-refractivity contribution in [2.24, 2.45) is 0 Å². The van der Waals surface area contributed by atoms with Crippen molar-refractivity contribution in [3.05, 3.63) is 79.3 Å². The highest BCUT2D eigenvalue weighted by Crippen LogP contribution is 2.35. The Balaban J connectivity index is 1.38. The summed E-state index contributed by atoms with van der Waals surface area (Å²) in [6, 6.07) is 17.8. The molecule has 0 spiro atoms. The maximum Gasteiger partial charge on any atom is 0.265 e. The number of hydroxylamine groups is 1. The van der Waals surface area contributed by atoms with Gasteiger partial charge in [0.25, 0.3) is 5.91 Å². The average molecular weight is 506 g/mol. The van der Waals surface area contributed by atoms with Gasteiger partial charge in [-0.2, -0.15) is 0 Å². The lowest BCUT2D eigenvalue weighted by molar-refractivity contribution is -0.134. The zero-order valence-electron chi connectivity index (χ0n) is 19.1. The van der Waals surface area contributed by atoms with Gasteiger partial charge < -0.3 is 4.74 Å². The van der Waals surface area contributed by atoms with Crippen molar-refractivity contribution in [1.82, 2.24) is 25.5 Å². The summed E-state index contributed by atoms with van der Waals surface area (Å²) in [6.07, 6.45) is 5.15. The molecule has 2 N–H and O–H groups in total. The Hall–Kier alpha value is -3.93. The molecular formula is C25H23N5O5S. The van der Waals surface area contributed by atoms with E-state index in [-0.39, 0.29) is 31.0 Å². The molecule has 10 nitrogen and oxygen atoms in total. The first-order valence-corrected chi connectivity index (χ1v) is 12.7. The molecule has 3 heterocycles. The SMILES string of the molecule is O=C(NO)C1(S(=O)(=O)c2ccc(-n3cc(-c4ccc(-c5ccncc5)cc4)nn3)cc2)CCOCC1. The molecule has 0 atom stereocenters. The van der Waals surface area contributed by atoms with Crippen LogP contribution in [0.5, 0.6) is 0 Å². The van der Waals surface area contributed by atoms with E-state index in [0.29, 0.717) is 11.4 Å². The molecule has 5 rings (SSSR count). The van der Waals surface area contributed by atoms with Gasteiger partial charge in [-0.15, -0.1) is 5.10 Å². The first-order chi connectivity index (χ1) is 17.4. The molecular weight excluding hydrogens is 482 g/mol. The second-order valence-corrected chi connectivity index (χ2v) is 10.7. The first kappa shape index (κ1) is 23.8. The lowest BCUT2D eigenvalue weighted by Crippen LogP contribution is -2.54. The Labute approximate surface area is 207 Å². The summed E-state index contributed by atoms with van der Waals surface area (Å²) in [5, 5.41) is 17.6. The Kier molecular flexibility index (Phi) is 6.35. The van der Waals surface area contributed by atoms with E-state index >= 15 is 0 Å². The minimum atomic E-state index is -4.10. The zero-order chi connectivity index (χ0) is 25.2. The number of amides is 1. The van der Waals surface area contributed by atoms with Crippen LogP contribution >= 0.6 is 0 Å². The second kappa shape index (κ2) is 9.61. The van der Waals surface area contributed by atoms with Crippen LogP contribution in [0.3, 0.4) is 0 Å². The first-order valence-electron chi connectivity index (χ1n) is 11.3. The molecule has 0 aliphatic carbocycles. The van der Waals surface area contributed by atoms with Crippen LogP contribution in [-0.4, -0.2) is 57.5 Å². The summed E-state index contributed by atoms with van der Waals surface area (Å²) in [5.41, 5.74) is 5.79. The smallest absolute Gasteiger partial charge is 0.265 e.